The number of rotatable bonds is 9. The number of nitrogens with zero attached hydrogens (tertiary/aromatic N) is 3. The minimum absolute atomic E-state index is 0.238. The van der Waals surface area contributed by atoms with Gasteiger partial charge in [0, 0.05) is 31.3 Å². The number of nitrogens with two attached hydrogens (primary N) is 1. The lowest BCUT2D eigenvalue weighted by molar-refractivity contribution is -0.140. The van der Waals surface area contributed by atoms with E-state index in [2.05, 4.69) is 26.5 Å². The van der Waals surface area contributed by atoms with E-state index >= 15 is 0 Å². The van der Waals surface area contributed by atoms with Gasteiger partial charge in [0.1, 0.15) is 0 Å². The third-order valence-corrected chi connectivity index (χ3v) is 4.56. The maximum absolute atomic E-state index is 12.0. The van der Waals surface area contributed by atoms with E-state index in [1.54, 1.807) is 7.05 Å². The number of carbonyl (C=O) groups is 2. The zero-order valence-electron chi connectivity index (χ0n) is 19.3. The van der Waals surface area contributed by atoms with Crippen LogP contribution in [0.5, 0.6) is 0 Å². The molecule has 1 aromatic heterocycles. The highest BCUT2D eigenvalue weighted by molar-refractivity contribution is 5.87. The second-order valence-corrected chi connectivity index (χ2v) is 7.23. The fourth-order valence-electron chi connectivity index (χ4n) is 2.73. The number of aryl methyl sites for hydroxylation is 1. The number of hydrogen-bond donors (Lipinski definition) is 1. The summed E-state index contributed by atoms with van der Waals surface area (Å²) in [6.07, 6.45) is 5.58. The van der Waals surface area contributed by atoms with Gasteiger partial charge in [-0.2, -0.15) is 0 Å². The lowest BCUT2D eigenvalue weighted by atomic mass is 10.1. The molecule has 2 N–H and O–H groups in total. The SMILES string of the molecule is COC(=O)CCCC#Cc1nc(C)cc(/C=C/c2ccc(N(C)C(=O)OCCCN)cc2)n1. The van der Waals surface area contributed by atoms with E-state index in [1.165, 1.54) is 12.0 Å². The van der Waals surface area contributed by atoms with E-state index in [9.17, 15) is 9.59 Å². The molecule has 1 amide bonds. The molecule has 0 unspecified atom stereocenters. The lowest BCUT2D eigenvalue weighted by Crippen LogP contribution is -2.27. The average Bonchev–Trinajstić information content (AvgIpc) is 2.82. The molecule has 0 radical (unpaired) electrons. The van der Waals surface area contributed by atoms with Crippen LogP contribution in [-0.2, 0) is 14.3 Å². The Hall–Kier alpha value is -3.70. The Labute approximate surface area is 194 Å². The van der Waals surface area contributed by atoms with Crippen molar-refractivity contribution in [3.63, 3.8) is 0 Å². The van der Waals surface area contributed by atoms with Gasteiger partial charge in [0.15, 0.2) is 0 Å². The van der Waals surface area contributed by atoms with E-state index in [4.69, 9.17) is 10.5 Å². The van der Waals surface area contributed by atoms with E-state index in [-0.39, 0.29) is 5.97 Å². The molecular formula is C25H30N4O4. The quantitative estimate of drug-likeness (QED) is 0.353. The molecule has 2 aromatic rings. The molecule has 0 aliphatic carbocycles. The topological polar surface area (TPSA) is 108 Å². The number of amides is 1. The molecule has 0 saturated carbocycles. The molecule has 0 aliphatic rings. The van der Waals surface area contributed by atoms with Crippen molar-refractivity contribution in [3.05, 3.63) is 53.1 Å². The average molecular weight is 451 g/mol. The maximum Gasteiger partial charge on any atom is 0.414 e. The predicted octanol–water partition coefficient (Wildman–Crippen LogP) is 3.57. The van der Waals surface area contributed by atoms with Crippen LogP contribution in [-0.4, -0.2) is 49.3 Å². The summed E-state index contributed by atoms with van der Waals surface area (Å²) in [5.74, 6) is 6.15. The molecule has 0 atom stereocenters. The molecule has 8 nitrogen and oxygen atoms in total. The van der Waals surface area contributed by atoms with Crippen LogP contribution in [0.4, 0.5) is 10.5 Å². The number of hydrogen-bond acceptors (Lipinski definition) is 7. The van der Waals surface area contributed by atoms with E-state index in [1.807, 2.05) is 49.4 Å². The zero-order valence-corrected chi connectivity index (χ0v) is 19.3. The fourth-order valence-corrected chi connectivity index (χ4v) is 2.73. The summed E-state index contributed by atoms with van der Waals surface area (Å²) in [7, 11) is 3.04. The standard InChI is InChI=1S/C25H30N4O4/c1-19-18-21(28-23(27-19)8-5-4-6-9-24(30)32-3)13-10-20-11-14-22(15-12-20)29(2)25(31)33-17-7-16-26/h10-15,18H,4,6-7,9,16-17,26H2,1-3H3/b13-10+. The maximum atomic E-state index is 12.0. The monoisotopic (exact) mass is 450 g/mol. The van der Waals surface area contributed by atoms with E-state index in [0.717, 1.165) is 22.6 Å². The summed E-state index contributed by atoms with van der Waals surface area (Å²) in [6, 6.07) is 9.39. The number of aromatic nitrogens is 2. The van der Waals surface area contributed by atoms with Crippen molar-refractivity contribution in [1.29, 1.82) is 0 Å². The summed E-state index contributed by atoms with van der Waals surface area (Å²) in [4.78, 5) is 33.4. The molecule has 0 fully saturated rings. The van der Waals surface area contributed by atoms with E-state index < -0.39 is 6.09 Å². The summed E-state index contributed by atoms with van der Waals surface area (Å²) >= 11 is 0. The van der Waals surface area contributed by atoms with Crippen LogP contribution in [0.15, 0.2) is 30.3 Å². The van der Waals surface area contributed by atoms with Gasteiger partial charge in [-0.25, -0.2) is 14.8 Å². The van der Waals surface area contributed by atoms with Crippen LogP contribution in [0.3, 0.4) is 0 Å². The van der Waals surface area contributed by atoms with Crippen molar-refractivity contribution in [2.24, 2.45) is 5.73 Å². The number of ether oxygens (including phenoxy) is 2. The Morgan fingerprint density at radius 2 is 1.91 bits per heavy atom. The second kappa shape index (κ2) is 13.7. The number of carbonyl (C=O) groups excluding carboxylic acids is 2. The van der Waals surface area contributed by atoms with Crippen LogP contribution in [0.1, 0.15) is 48.5 Å². The lowest BCUT2D eigenvalue weighted by Gasteiger charge is -2.17. The summed E-state index contributed by atoms with van der Waals surface area (Å²) in [5, 5.41) is 0. The normalized spacial score (nSPS) is 10.4. The first kappa shape index (κ1) is 25.6. The third kappa shape index (κ3) is 9.13. The van der Waals surface area contributed by atoms with Crippen molar-refractivity contribution < 1.29 is 19.1 Å². The largest absolute Gasteiger partial charge is 0.469 e. The van der Waals surface area contributed by atoms with Crippen molar-refractivity contribution in [3.8, 4) is 11.8 Å². The first-order valence-corrected chi connectivity index (χ1v) is 10.7. The van der Waals surface area contributed by atoms with Crippen LogP contribution in [0.25, 0.3) is 12.2 Å². The Morgan fingerprint density at radius 1 is 1.15 bits per heavy atom. The van der Waals surface area contributed by atoms with Gasteiger partial charge in [0.2, 0.25) is 5.82 Å². The van der Waals surface area contributed by atoms with Gasteiger partial charge in [-0.15, -0.1) is 0 Å². The van der Waals surface area contributed by atoms with Gasteiger partial charge < -0.3 is 15.2 Å². The number of esters is 1. The highest BCUT2D eigenvalue weighted by Crippen LogP contribution is 2.16. The number of benzene rings is 1. The molecule has 2 rings (SSSR count). The molecule has 0 saturated heterocycles. The smallest absolute Gasteiger partial charge is 0.414 e. The van der Waals surface area contributed by atoms with Gasteiger partial charge in [0.05, 0.1) is 19.4 Å². The first-order chi connectivity index (χ1) is 15.9. The summed E-state index contributed by atoms with van der Waals surface area (Å²) in [6.45, 7) is 2.67. The number of methoxy groups -OCH3 is 1. The van der Waals surface area contributed by atoms with Crippen LogP contribution >= 0.6 is 0 Å². The molecule has 0 bridgehead atoms. The highest BCUT2D eigenvalue weighted by Gasteiger charge is 2.11. The Balaban J connectivity index is 1.98. The zero-order chi connectivity index (χ0) is 24.1. The van der Waals surface area contributed by atoms with E-state index in [0.29, 0.717) is 44.7 Å². The second-order valence-electron chi connectivity index (χ2n) is 7.23. The first-order valence-electron chi connectivity index (χ1n) is 10.7. The van der Waals surface area contributed by atoms with Crippen LogP contribution in [0.2, 0.25) is 0 Å². The van der Waals surface area contributed by atoms with Gasteiger partial charge in [-0.3, -0.25) is 9.69 Å². The minimum atomic E-state index is -0.415. The Bertz CT molecular complexity index is 1020. The van der Waals surface area contributed by atoms with Gasteiger partial charge in [-0.05, 0) is 62.1 Å². The number of anilines is 1. The van der Waals surface area contributed by atoms with Crippen molar-refractivity contribution in [2.75, 3.05) is 32.2 Å². The summed E-state index contributed by atoms with van der Waals surface area (Å²) < 4.78 is 9.77. The fraction of sp³-hybridized carbons (Fsp3) is 0.360. The van der Waals surface area contributed by atoms with Crippen molar-refractivity contribution in [1.82, 2.24) is 9.97 Å². The van der Waals surface area contributed by atoms with Gasteiger partial charge in [0.25, 0.3) is 0 Å². The van der Waals surface area contributed by atoms with Gasteiger partial charge in [-0.1, -0.05) is 24.1 Å². The van der Waals surface area contributed by atoms with Gasteiger partial charge >= 0.3 is 12.1 Å². The molecule has 0 aliphatic heterocycles. The molecule has 33 heavy (non-hydrogen) atoms. The molecule has 1 aromatic carbocycles. The molecule has 1 heterocycles. The summed E-state index contributed by atoms with van der Waals surface area (Å²) in [5.41, 5.74) is 8.65. The Morgan fingerprint density at radius 3 is 2.61 bits per heavy atom. The molecule has 0 spiro atoms. The molecule has 174 valence electrons. The highest BCUT2D eigenvalue weighted by atomic mass is 16.6. The third-order valence-electron chi connectivity index (χ3n) is 4.56. The van der Waals surface area contributed by atoms with Crippen molar-refractivity contribution in [2.45, 2.75) is 32.6 Å². The van der Waals surface area contributed by atoms with Crippen LogP contribution in [0, 0.1) is 18.8 Å². The van der Waals surface area contributed by atoms with Crippen LogP contribution < -0.4 is 10.6 Å². The molecule has 8 heteroatoms. The minimum Gasteiger partial charge on any atom is -0.469 e. The van der Waals surface area contributed by atoms with Crippen molar-refractivity contribution >= 4 is 29.9 Å². The number of unbranched alkanes of at least 4 members (excludes halogenated alkanes) is 1. The molecular weight excluding hydrogens is 420 g/mol. The predicted molar refractivity (Wildman–Crippen MR) is 128 cm³/mol. The Kier molecular flexibility index (Phi) is 10.6.